The molecule has 0 spiro atoms. The van der Waals surface area contributed by atoms with E-state index in [4.69, 9.17) is 5.11 Å². The number of amides is 1. The molecular formula is C16H23NO2. The molecule has 0 aliphatic heterocycles. The Balaban J connectivity index is 1.90. The van der Waals surface area contributed by atoms with Gasteiger partial charge >= 0.3 is 0 Å². The summed E-state index contributed by atoms with van der Waals surface area (Å²) >= 11 is 0. The summed E-state index contributed by atoms with van der Waals surface area (Å²) in [5.74, 6) is 0.344. The Bertz CT molecular complexity index is 392. The lowest BCUT2D eigenvalue weighted by atomic mass is 9.99. The van der Waals surface area contributed by atoms with Gasteiger partial charge in [0.15, 0.2) is 0 Å². The van der Waals surface area contributed by atoms with Gasteiger partial charge in [-0.05, 0) is 37.0 Å². The van der Waals surface area contributed by atoms with Crippen LogP contribution in [0, 0.1) is 5.92 Å². The first-order valence-corrected chi connectivity index (χ1v) is 7.30. The highest BCUT2D eigenvalue weighted by atomic mass is 16.2. The maximum Gasteiger partial charge on any atom is 0.227 e. The Morgan fingerprint density at radius 3 is 2.32 bits per heavy atom. The van der Waals surface area contributed by atoms with Crippen LogP contribution in [0.4, 0.5) is 5.69 Å². The molecule has 1 aliphatic carbocycles. The fourth-order valence-corrected chi connectivity index (χ4v) is 2.67. The lowest BCUT2D eigenvalue weighted by molar-refractivity contribution is -0.120. The molecule has 1 aliphatic rings. The minimum Gasteiger partial charge on any atom is -0.396 e. The lowest BCUT2D eigenvalue weighted by Gasteiger charge is -2.14. The highest BCUT2D eigenvalue weighted by Gasteiger charge is 2.19. The van der Waals surface area contributed by atoms with Crippen molar-refractivity contribution in [3.05, 3.63) is 29.8 Å². The first-order valence-electron chi connectivity index (χ1n) is 7.30. The number of rotatable bonds is 4. The van der Waals surface area contributed by atoms with E-state index in [9.17, 15) is 4.79 Å². The minimum atomic E-state index is 0.160. The third kappa shape index (κ3) is 4.35. The predicted octanol–water partition coefficient (Wildman–Crippen LogP) is 3.13. The predicted molar refractivity (Wildman–Crippen MR) is 77.1 cm³/mol. The largest absolute Gasteiger partial charge is 0.396 e. The number of anilines is 1. The number of aliphatic hydroxyl groups is 1. The number of benzene rings is 1. The van der Waals surface area contributed by atoms with Crippen LogP contribution in [0.5, 0.6) is 0 Å². The van der Waals surface area contributed by atoms with E-state index in [0.29, 0.717) is 6.42 Å². The Hall–Kier alpha value is -1.35. The molecule has 0 bridgehead atoms. The summed E-state index contributed by atoms with van der Waals surface area (Å²) in [6.45, 7) is 0.160. The first kappa shape index (κ1) is 14.1. The van der Waals surface area contributed by atoms with Crippen molar-refractivity contribution in [1.29, 1.82) is 0 Å². The maximum absolute atomic E-state index is 12.2. The third-order valence-electron chi connectivity index (χ3n) is 3.85. The second-order valence-corrected chi connectivity index (χ2v) is 5.35. The van der Waals surface area contributed by atoms with Gasteiger partial charge in [-0.25, -0.2) is 0 Å². The molecule has 0 saturated heterocycles. The highest BCUT2D eigenvalue weighted by Crippen LogP contribution is 2.24. The molecule has 3 heteroatoms. The van der Waals surface area contributed by atoms with Gasteiger partial charge in [0.2, 0.25) is 5.91 Å². The fourth-order valence-electron chi connectivity index (χ4n) is 2.67. The van der Waals surface area contributed by atoms with Crippen LogP contribution in [0.3, 0.4) is 0 Å². The highest BCUT2D eigenvalue weighted by molar-refractivity contribution is 5.92. The summed E-state index contributed by atoms with van der Waals surface area (Å²) in [7, 11) is 0. The minimum absolute atomic E-state index is 0.160. The summed E-state index contributed by atoms with van der Waals surface area (Å²) < 4.78 is 0. The van der Waals surface area contributed by atoms with Crippen molar-refractivity contribution in [3.8, 4) is 0 Å². The molecule has 1 fully saturated rings. The van der Waals surface area contributed by atoms with E-state index in [1.54, 1.807) is 0 Å². The molecule has 3 nitrogen and oxygen atoms in total. The van der Waals surface area contributed by atoms with Gasteiger partial charge in [-0.3, -0.25) is 4.79 Å². The second kappa shape index (κ2) is 7.29. The first-order chi connectivity index (χ1) is 9.29. The van der Waals surface area contributed by atoms with Crippen LogP contribution < -0.4 is 5.32 Å². The Morgan fingerprint density at radius 1 is 1.11 bits per heavy atom. The molecule has 1 aromatic rings. The van der Waals surface area contributed by atoms with Gasteiger partial charge < -0.3 is 10.4 Å². The van der Waals surface area contributed by atoms with Gasteiger partial charge in [0.1, 0.15) is 0 Å². The van der Waals surface area contributed by atoms with E-state index in [0.717, 1.165) is 24.1 Å². The molecule has 0 heterocycles. The van der Waals surface area contributed by atoms with Crippen LogP contribution in [-0.2, 0) is 11.2 Å². The van der Waals surface area contributed by atoms with E-state index in [1.165, 1.54) is 25.7 Å². The molecule has 2 N–H and O–H groups in total. The molecule has 0 atom stereocenters. The number of nitrogens with one attached hydrogen (secondary N) is 1. The monoisotopic (exact) mass is 261 g/mol. The Kier molecular flexibility index (Phi) is 5.40. The van der Waals surface area contributed by atoms with Gasteiger partial charge in [-0.2, -0.15) is 0 Å². The van der Waals surface area contributed by atoms with Crippen LogP contribution in [0.2, 0.25) is 0 Å². The van der Waals surface area contributed by atoms with Crippen molar-refractivity contribution in [1.82, 2.24) is 0 Å². The Labute approximate surface area is 115 Å². The van der Waals surface area contributed by atoms with Crippen LogP contribution in [0.25, 0.3) is 0 Å². The zero-order chi connectivity index (χ0) is 13.5. The SMILES string of the molecule is O=C(Nc1ccc(CCO)cc1)C1CCCCCC1. The molecule has 0 radical (unpaired) electrons. The molecule has 1 aromatic carbocycles. The maximum atomic E-state index is 12.2. The molecule has 2 rings (SSSR count). The van der Waals surface area contributed by atoms with Crippen molar-refractivity contribution >= 4 is 11.6 Å². The normalized spacial score (nSPS) is 16.9. The smallest absolute Gasteiger partial charge is 0.227 e. The molecule has 1 amide bonds. The zero-order valence-corrected chi connectivity index (χ0v) is 11.4. The average Bonchev–Trinajstić information content (AvgIpc) is 2.70. The van der Waals surface area contributed by atoms with Gasteiger partial charge in [0.25, 0.3) is 0 Å². The van der Waals surface area contributed by atoms with Crippen molar-refractivity contribution in [2.24, 2.45) is 5.92 Å². The van der Waals surface area contributed by atoms with Gasteiger partial charge in [-0.1, -0.05) is 37.8 Å². The van der Waals surface area contributed by atoms with Gasteiger partial charge in [0.05, 0.1) is 0 Å². The van der Waals surface area contributed by atoms with Crippen LogP contribution >= 0.6 is 0 Å². The Morgan fingerprint density at radius 2 is 1.74 bits per heavy atom. The summed E-state index contributed by atoms with van der Waals surface area (Å²) in [5, 5.41) is 11.9. The van der Waals surface area contributed by atoms with Crippen LogP contribution in [0.15, 0.2) is 24.3 Å². The van der Waals surface area contributed by atoms with E-state index in [-0.39, 0.29) is 18.4 Å². The molecule has 0 aromatic heterocycles. The van der Waals surface area contributed by atoms with Gasteiger partial charge in [0, 0.05) is 18.2 Å². The van der Waals surface area contributed by atoms with E-state index >= 15 is 0 Å². The quantitative estimate of drug-likeness (QED) is 0.818. The van der Waals surface area contributed by atoms with Crippen molar-refractivity contribution in [3.63, 3.8) is 0 Å². The zero-order valence-electron chi connectivity index (χ0n) is 11.4. The molecular weight excluding hydrogens is 238 g/mol. The summed E-state index contributed by atoms with van der Waals surface area (Å²) in [6.07, 6.45) is 7.58. The van der Waals surface area contributed by atoms with Crippen molar-refractivity contribution in [2.75, 3.05) is 11.9 Å². The molecule has 0 unspecified atom stereocenters. The number of aliphatic hydroxyl groups excluding tert-OH is 1. The number of carbonyl (C=O) groups is 1. The number of hydrogen-bond donors (Lipinski definition) is 2. The van der Waals surface area contributed by atoms with Crippen molar-refractivity contribution < 1.29 is 9.90 Å². The second-order valence-electron chi connectivity index (χ2n) is 5.35. The standard InChI is InChI=1S/C16H23NO2/c18-12-11-13-7-9-15(10-8-13)17-16(19)14-5-3-1-2-4-6-14/h7-10,14,18H,1-6,11-12H2,(H,17,19). The summed E-state index contributed by atoms with van der Waals surface area (Å²) in [6, 6.07) is 7.75. The molecule has 19 heavy (non-hydrogen) atoms. The molecule has 104 valence electrons. The third-order valence-corrected chi connectivity index (χ3v) is 3.85. The van der Waals surface area contributed by atoms with Gasteiger partial charge in [-0.15, -0.1) is 0 Å². The fraction of sp³-hybridized carbons (Fsp3) is 0.562. The van der Waals surface area contributed by atoms with Crippen LogP contribution in [0.1, 0.15) is 44.1 Å². The lowest BCUT2D eigenvalue weighted by Crippen LogP contribution is -2.22. The summed E-state index contributed by atoms with van der Waals surface area (Å²) in [4.78, 5) is 12.2. The number of carbonyl (C=O) groups excluding carboxylic acids is 1. The van der Waals surface area contributed by atoms with E-state index in [1.807, 2.05) is 24.3 Å². The molecule has 1 saturated carbocycles. The summed E-state index contributed by atoms with van der Waals surface area (Å²) in [5.41, 5.74) is 1.95. The van der Waals surface area contributed by atoms with Crippen molar-refractivity contribution in [2.45, 2.75) is 44.9 Å². The average molecular weight is 261 g/mol. The topological polar surface area (TPSA) is 49.3 Å². The van der Waals surface area contributed by atoms with E-state index < -0.39 is 0 Å². The van der Waals surface area contributed by atoms with E-state index in [2.05, 4.69) is 5.32 Å². The number of hydrogen-bond acceptors (Lipinski definition) is 2. The van der Waals surface area contributed by atoms with Crippen LogP contribution in [-0.4, -0.2) is 17.6 Å².